The number of hydrogen-bond donors (Lipinski definition) is 0. The van der Waals surface area contributed by atoms with Crippen molar-refractivity contribution in [2.45, 2.75) is 12.4 Å². The van der Waals surface area contributed by atoms with Crippen molar-refractivity contribution in [3.8, 4) is 17.2 Å². The maximum atomic E-state index is 12.9. The van der Waals surface area contributed by atoms with E-state index in [1.54, 1.807) is 24.5 Å². The van der Waals surface area contributed by atoms with Gasteiger partial charge in [0.2, 0.25) is 0 Å². The van der Waals surface area contributed by atoms with Crippen LogP contribution in [0.3, 0.4) is 0 Å². The molecule has 4 aromatic rings. The summed E-state index contributed by atoms with van der Waals surface area (Å²) in [6.45, 7) is 0.326. The predicted octanol–water partition coefficient (Wildman–Crippen LogP) is 5.19. The quantitative estimate of drug-likeness (QED) is 0.468. The molecule has 0 N–H and O–H groups in total. The number of aromatic nitrogens is 1. The Kier molecular flexibility index (Phi) is 3.83. The van der Waals surface area contributed by atoms with Gasteiger partial charge in [-0.05, 0) is 53.4 Å². The summed E-state index contributed by atoms with van der Waals surface area (Å²) in [5.74, 6) is 0.546. The van der Waals surface area contributed by atoms with Gasteiger partial charge in [-0.1, -0.05) is 30.3 Å². The zero-order valence-electron chi connectivity index (χ0n) is 16.4. The fraction of sp³-hybridized carbons (Fsp3) is 0.0769. The molecule has 3 aromatic carbocycles. The van der Waals surface area contributed by atoms with E-state index in [1.165, 1.54) is 6.08 Å². The van der Waals surface area contributed by atoms with Crippen LogP contribution in [0.4, 0.5) is 0 Å². The summed E-state index contributed by atoms with van der Waals surface area (Å²) in [6.07, 6.45) is 6.60. The Morgan fingerprint density at radius 3 is 2.32 bits per heavy atom. The number of ketones is 1. The Morgan fingerprint density at radius 2 is 1.58 bits per heavy atom. The average Bonchev–Trinajstić information content (AvgIpc) is 2.81. The van der Waals surface area contributed by atoms with E-state index in [9.17, 15) is 4.79 Å². The van der Waals surface area contributed by atoms with Crippen LogP contribution in [-0.4, -0.2) is 10.8 Å². The summed E-state index contributed by atoms with van der Waals surface area (Å²) in [6, 6.07) is 21.0. The molecule has 0 unspecified atom stereocenters. The highest BCUT2D eigenvalue weighted by molar-refractivity contribution is 6.09. The topological polar surface area (TPSA) is 57.7 Å². The summed E-state index contributed by atoms with van der Waals surface area (Å²) in [5, 5.41) is 1.96. The maximum Gasteiger partial charge on any atom is 0.299 e. The van der Waals surface area contributed by atoms with Gasteiger partial charge in [-0.25, -0.2) is 0 Å². The first-order valence-corrected chi connectivity index (χ1v) is 10.0. The highest BCUT2D eigenvalue weighted by atomic mass is 16.7. The van der Waals surface area contributed by atoms with Crippen molar-refractivity contribution in [3.63, 3.8) is 0 Å². The number of hydrogen-bond acceptors (Lipinski definition) is 5. The van der Waals surface area contributed by atoms with Crippen LogP contribution in [0.1, 0.15) is 21.5 Å². The van der Waals surface area contributed by atoms with Gasteiger partial charge in [-0.15, -0.1) is 0 Å². The van der Waals surface area contributed by atoms with Crippen LogP contribution < -0.4 is 14.2 Å². The molecule has 150 valence electrons. The lowest BCUT2D eigenvalue weighted by molar-refractivity contribution is -0.0840. The molecule has 5 heteroatoms. The van der Waals surface area contributed by atoms with Gasteiger partial charge in [-0.3, -0.25) is 9.78 Å². The van der Waals surface area contributed by atoms with Crippen molar-refractivity contribution in [1.82, 2.24) is 4.98 Å². The van der Waals surface area contributed by atoms with E-state index in [0.717, 1.165) is 16.3 Å². The number of rotatable bonds is 3. The Morgan fingerprint density at radius 1 is 0.871 bits per heavy atom. The number of benzene rings is 3. The Labute approximate surface area is 178 Å². The van der Waals surface area contributed by atoms with E-state index >= 15 is 0 Å². The Balaban J connectivity index is 1.44. The molecule has 6 rings (SSSR count). The minimum Gasteiger partial charge on any atom is -0.488 e. The molecule has 31 heavy (non-hydrogen) atoms. The van der Waals surface area contributed by atoms with E-state index in [1.807, 2.05) is 60.7 Å². The number of nitrogens with zero attached hydrogens (tertiary/aromatic N) is 1. The van der Waals surface area contributed by atoms with Crippen molar-refractivity contribution >= 4 is 16.6 Å². The molecule has 1 aliphatic heterocycles. The van der Waals surface area contributed by atoms with Crippen molar-refractivity contribution in [1.29, 1.82) is 0 Å². The second kappa shape index (κ2) is 6.71. The molecule has 0 bridgehead atoms. The smallest absolute Gasteiger partial charge is 0.299 e. The molecule has 0 amide bonds. The van der Waals surface area contributed by atoms with Gasteiger partial charge >= 0.3 is 0 Å². The van der Waals surface area contributed by atoms with Crippen LogP contribution >= 0.6 is 0 Å². The summed E-state index contributed by atoms with van der Waals surface area (Å²) in [7, 11) is 0. The fourth-order valence-corrected chi connectivity index (χ4v) is 4.16. The number of carbonyl (C=O) groups is 1. The van der Waals surface area contributed by atoms with Gasteiger partial charge < -0.3 is 14.2 Å². The van der Waals surface area contributed by atoms with E-state index in [0.29, 0.717) is 35.0 Å². The van der Waals surface area contributed by atoms with Crippen molar-refractivity contribution in [2.24, 2.45) is 0 Å². The van der Waals surface area contributed by atoms with Gasteiger partial charge in [0.15, 0.2) is 5.78 Å². The average molecular weight is 407 g/mol. The van der Waals surface area contributed by atoms with Crippen LogP contribution in [0.5, 0.6) is 17.2 Å². The molecule has 2 aliphatic rings. The third-order valence-corrected chi connectivity index (χ3v) is 5.60. The summed E-state index contributed by atoms with van der Waals surface area (Å²) >= 11 is 0. The molecular formula is C26H17NO4. The van der Waals surface area contributed by atoms with Crippen LogP contribution in [0, 0.1) is 0 Å². The highest BCUT2D eigenvalue weighted by Crippen LogP contribution is 2.48. The molecule has 5 nitrogen and oxygen atoms in total. The Hall–Kier alpha value is -4.12. The number of ether oxygens (including phenoxy) is 3. The van der Waals surface area contributed by atoms with Gasteiger partial charge in [0.25, 0.3) is 5.79 Å². The largest absolute Gasteiger partial charge is 0.488 e. The minimum absolute atomic E-state index is 0.143. The zero-order chi connectivity index (χ0) is 20.8. The van der Waals surface area contributed by atoms with Gasteiger partial charge in [-0.2, -0.15) is 0 Å². The molecule has 1 aromatic heterocycles. The van der Waals surface area contributed by atoms with E-state index < -0.39 is 5.79 Å². The summed E-state index contributed by atoms with van der Waals surface area (Å²) < 4.78 is 18.8. The standard InChI is InChI=1S/C26H17NO4/c28-20-10-13-26(30-22-8-1-4-18-5-2-9-23(31-26)24(18)22)19-6-3-7-21(25(19)20)29-16-17-11-14-27-15-12-17/h1-15H,16H2. The molecular weight excluding hydrogens is 390 g/mol. The molecule has 0 saturated heterocycles. The Bertz CT molecular complexity index is 1320. The lowest BCUT2D eigenvalue weighted by Gasteiger charge is -2.39. The van der Waals surface area contributed by atoms with E-state index in [-0.39, 0.29) is 5.78 Å². The molecule has 0 fully saturated rings. The van der Waals surface area contributed by atoms with Crippen molar-refractivity contribution < 1.29 is 19.0 Å². The minimum atomic E-state index is -1.23. The molecule has 0 saturated carbocycles. The summed E-state index contributed by atoms with van der Waals surface area (Å²) in [4.78, 5) is 16.9. The van der Waals surface area contributed by atoms with Crippen LogP contribution in [0.25, 0.3) is 10.8 Å². The molecule has 1 aliphatic carbocycles. The maximum absolute atomic E-state index is 12.9. The van der Waals surface area contributed by atoms with E-state index in [4.69, 9.17) is 14.2 Å². The van der Waals surface area contributed by atoms with Gasteiger partial charge in [0.05, 0.1) is 16.5 Å². The van der Waals surface area contributed by atoms with Crippen molar-refractivity contribution in [3.05, 3.63) is 108 Å². The second-order valence-electron chi connectivity index (χ2n) is 7.50. The number of fused-ring (bicyclic) bond motifs is 2. The monoisotopic (exact) mass is 407 g/mol. The molecule has 1 spiro atoms. The normalized spacial score (nSPS) is 15.3. The third-order valence-electron chi connectivity index (χ3n) is 5.60. The lowest BCUT2D eigenvalue weighted by Crippen LogP contribution is -2.42. The predicted molar refractivity (Wildman–Crippen MR) is 115 cm³/mol. The van der Waals surface area contributed by atoms with Crippen LogP contribution in [0.15, 0.2) is 91.3 Å². The first-order chi connectivity index (χ1) is 15.2. The number of carbonyl (C=O) groups excluding carboxylic acids is 1. The SMILES string of the molecule is O=C1C=CC2(Oc3cccc4cccc(c34)O2)c2cccc(OCc3ccncc3)c21. The van der Waals surface area contributed by atoms with Crippen LogP contribution in [0.2, 0.25) is 0 Å². The van der Waals surface area contributed by atoms with Crippen LogP contribution in [-0.2, 0) is 12.4 Å². The van der Waals surface area contributed by atoms with E-state index in [2.05, 4.69) is 4.98 Å². The third kappa shape index (κ3) is 2.78. The van der Waals surface area contributed by atoms with Crippen molar-refractivity contribution in [2.75, 3.05) is 0 Å². The lowest BCUT2D eigenvalue weighted by atomic mass is 9.89. The molecule has 2 heterocycles. The number of pyridine rings is 1. The zero-order valence-corrected chi connectivity index (χ0v) is 16.4. The second-order valence-corrected chi connectivity index (χ2v) is 7.50. The molecule has 0 radical (unpaired) electrons. The number of allylic oxidation sites excluding steroid dienone is 1. The molecule has 0 atom stereocenters. The fourth-order valence-electron chi connectivity index (χ4n) is 4.16. The summed E-state index contributed by atoms with van der Waals surface area (Å²) in [5.41, 5.74) is 2.04. The van der Waals surface area contributed by atoms with Gasteiger partial charge in [0.1, 0.15) is 23.9 Å². The highest BCUT2D eigenvalue weighted by Gasteiger charge is 2.45. The first-order valence-electron chi connectivity index (χ1n) is 10.0. The first kappa shape index (κ1) is 17.7. The van der Waals surface area contributed by atoms with Gasteiger partial charge in [0, 0.05) is 18.5 Å².